The first kappa shape index (κ1) is 28.5. The Morgan fingerprint density at radius 3 is 2.06 bits per heavy atom. The number of alkyl carbamates (subject to hydrolysis) is 1. The molecule has 0 bridgehead atoms. The van der Waals surface area contributed by atoms with Gasteiger partial charge >= 0.3 is 6.09 Å². The molecule has 0 aliphatic carbocycles. The summed E-state index contributed by atoms with van der Waals surface area (Å²) in [6.45, 7) is 20.4. The second-order valence-electron chi connectivity index (χ2n) is 10.9. The third kappa shape index (κ3) is 8.71. The Morgan fingerprint density at radius 1 is 1.03 bits per heavy atom. The Labute approximate surface area is 199 Å². The van der Waals surface area contributed by atoms with Crippen LogP contribution in [0.1, 0.15) is 91.5 Å². The molecule has 0 heterocycles. The summed E-state index contributed by atoms with van der Waals surface area (Å²) < 4.78 is 5.32. The maximum absolute atomic E-state index is 13.7. The number of carbonyl (C=O) groups excluding carboxylic acids is 3. The molecule has 0 aliphatic rings. The molecule has 0 spiro atoms. The van der Waals surface area contributed by atoms with E-state index in [1.165, 1.54) is 0 Å². The molecule has 33 heavy (non-hydrogen) atoms. The molecule has 7 nitrogen and oxygen atoms in total. The average molecular weight is 462 g/mol. The lowest BCUT2D eigenvalue weighted by molar-refractivity contribution is -0.145. The van der Waals surface area contributed by atoms with Crippen LogP contribution in [0.3, 0.4) is 0 Å². The van der Waals surface area contributed by atoms with Gasteiger partial charge in [-0.1, -0.05) is 30.7 Å². The Balaban J connectivity index is 3.46. The predicted molar refractivity (Wildman–Crippen MR) is 132 cm³/mol. The van der Waals surface area contributed by atoms with Gasteiger partial charge in [0.15, 0.2) is 0 Å². The summed E-state index contributed by atoms with van der Waals surface area (Å²) in [4.78, 5) is 41.2. The maximum atomic E-state index is 13.7. The zero-order valence-corrected chi connectivity index (χ0v) is 22.3. The molecule has 0 aromatic heterocycles. The number of hydrogen-bond donors (Lipinski definition) is 2. The number of rotatable bonds is 7. The fraction of sp³-hybridized carbons (Fsp3) is 0.654. The van der Waals surface area contributed by atoms with Gasteiger partial charge in [-0.2, -0.15) is 0 Å². The normalized spacial score (nSPS) is 14.6. The number of nitrogens with one attached hydrogen (secondary N) is 2. The van der Waals surface area contributed by atoms with E-state index in [1.54, 1.807) is 32.6 Å². The maximum Gasteiger partial charge on any atom is 0.408 e. The lowest BCUT2D eigenvalue weighted by Gasteiger charge is -2.39. The van der Waals surface area contributed by atoms with Gasteiger partial charge in [-0.05, 0) is 86.8 Å². The van der Waals surface area contributed by atoms with Gasteiger partial charge in [-0.25, -0.2) is 4.79 Å². The van der Waals surface area contributed by atoms with Crippen molar-refractivity contribution in [1.82, 2.24) is 15.5 Å². The molecule has 1 aromatic carbocycles. The third-order valence-electron chi connectivity index (χ3n) is 5.17. The summed E-state index contributed by atoms with van der Waals surface area (Å²) in [5, 5.41) is 5.67. The van der Waals surface area contributed by atoms with E-state index in [9.17, 15) is 14.4 Å². The van der Waals surface area contributed by atoms with Crippen molar-refractivity contribution in [1.29, 1.82) is 0 Å². The summed E-state index contributed by atoms with van der Waals surface area (Å²) >= 11 is 0. The molecule has 0 radical (unpaired) electrons. The average Bonchev–Trinajstić information content (AvgIpc) is 2.62. The zero-order chi connectivity index (χ0) is 25.7. The number of amides is 3. The minimum Gasteiger partial charge on any atom is -0.444 e. The van der Waals surface area contributed by atoms with Crippen LogP contribution in [0.15, 0.2) is 18.2 Å². The molecule has 0 saturated heterocycles. The molecule has 3 amide bonds. The summed E-state index contributed by atoms with van der Waals surface area (Å²) in [7, 11) is 0. The highest BCUT2D eigenvalue weighted by molar-refractivity contribution is 5.92. The quantitative estimate of drug-likeness (QED) is 0.611. The van der Waals surface area contributed by atoms with Gasteiger partial charge in [0.1, 0.15) is 17.7 Å². The van der Waals surface area contributed by atoms with Crippen molar-refractivity contribution in [2.75, 3.05) is 0 Å². The number of benzene rings is 1. The number of ether oxygens (including phenoxy) is 1. The molecule has 0 aliphatic heterocycles. The standard InChI is InChI=1S/C26H43N3O4/c1-12-18(4)29(23(31)19(5)27-24(32)33-26(9,10)11)21(22(30)28-25(6,7)8)20-14-13-16(2)15-17(20)3/h13-15,18-19,21H,12H2,1-11H3,(H,27,32)(H,28,30). The van der Waals surface area contributed by atoms with Gasteiger partial charge in [0.25, 0.3) is 0 Å². The van der Waals surface area contributed by atoms with Gasteiger partial charge in [-0.3, -0.25) is 9.59 Å². The smallest absolute Gasteiger partial charge is 0.408 e. The van der Waals surface area contributed by atoms with Crippen LogP contribution in [-0.4, -0.2) is 46.0 Å². The minimum atomic E-state index is -0.871. The molecular formula is C26H43N3O4. The highest BCUT2D eigenvalue weighted by Gasteiger charge is 2.38. The largest absolute Gasteiger partial charge is 0.444 e. The third-order valence-corrected chi connectivity index (χ3v) is 5.17. The van der Waals surface area contributed by atoms with Crippen LogP contribution in [0.2, 0.25) is 0 Å². The minimum absolute atomic E-state index is 0.239. The number of hydrogen-bond acceptors (Lipinski definition) is 4. The van der Waals surface area contributed by atoms with Crippen LogP contribution in [0.25, 0.3) is 0 Å². The Kier molecular flexibility index (Phi) is 9.52. The SMILES string of the molecule is CCC(C)N(C(=O)C(C)NC(=O)OC(C)(C)C)C(C(=O)NC(C)(C)C)c1ccc(C)cc1C. The second-order valence-corrected chi connectivity index (χ2v) is 10.9. The first-order valence-electron chi connectivity index (χ1n) is 11.7. The highest BCUT2D eigenvalue weighted by Crippen LogP contribution is 2.29. The number of carbonyl (C=O) groups is 3. The van der Waals surface area contributed by atoms with Crippen molar-refractivity contribution >= 4 is 17.9 Å². The Bertz CT molecular complexity index is 852. The predicted octanol–water partition coefficient (Wildman–Crippen LogP) is 4.80. The first-order chi connectivity index (χ1) is 15.0. The van der Waals surface area contributed by atoms with Crippen molar-refractivity contribution in [2.45, 2.75) is 112 Å². The molecule has 1 rings (SSSR count). The van der Waals surface area contributed by atoms with E-state index in [0.717, 1.165) is 16.7 Å². The fourth-order valence-electron chi connectivity index (χ4n) is 3.55. The van der Waals surface area contributed by atoms with Crippen molar-refractivity contribution in [3.8, 4) is 0 Å². The lowest BCUT2D eigenvalue weighted by atomic mass is 9.94. The Morgan fingerprint density at radius 2 is 1.61 bits per heavy atom. The molecule has 3 atom stereocenters. The molecule has 7 heteroatoms. The van der Waals surface area contributed by atoms with Crippen LogP contribution < -0.4 is 10.6 Å². The van der Waals surface area contributed by atoms with Crippen molar-refractivity contribution in [2.24, 2.45) is 0 Å². The van der Waals surface area contributed by atoms with Crippen LogP contribution in [0.4, 0.5) is 4.79 Å². The molecule has 1 aromatic rings. The van der Waals surface area contributed by atoms with Crippen LogP contribution in [0, 0.1) is 13.8 Å². The van der Waals surface area contributed by atoms with Gasteiger partial charge < -0.3 is 20.3 Å². The number of nitrogens with zero attached hydrogens (tertiary/aromatic N) is 1. The highest BCUT2D eigenvalue weighted by atomic mass is 16.6. The van der Waals surface area contributed by atoms with E-state index in [1.807, 2.05) is 66.7 Å². The molecule has 3 unspecified atom stereocenters. The monoisotopic (exact) mass is 461 g/mol. The summed E-state index contributed by atoms with van der Waals surface area (Å²) in [6.07, 6.45) is -0.0237. The van der Waals surface area contributed by atoms with E-state index in [-0.39, 0.29) is 17.9 Å². The second kappa shape index (κ2) is 11.0. The van der Waals surface area contributed by atoms with Crippen molar-refractivity contribution < 1.29 is 19.1 Å². The molecule has 2 N–H and O–H groups in total. The molecule has 0 saturated carbocycles. The first-order valence-corrected chi connectivity index (χ1v) is 11.7. The molecular weight excluding hydrogens is 418 g/mol. The van der Waals surface area contributed by atoms with Gasteiger partial charge in [-0.15, -0.1) is 0 Å². The number of aryl methyl sites for hydroxylation is 2. The lowest BCUT2D eigenvalue weighted by Crippen LogP contribution is -2.56. The van der Waals surface area contributed by atoms with Crippen molar-refractivity contribution in [3.63, 3.8) is 0 Å². The topological polar surface area (TPSA) is 87.7 Å². The van der Waals surface area contributed by atoms with Crippen LogP contribution in [-0.2, 0) is 14.3 Å². The van der Waals surface area contributed by atoms with Gasteiger partial charge in [0, 0.05) is 11.6 Å². The molecule has 0 fully saturated rings. The van der Waals surface area contributed by atoms with Crippen LogP contribution >= 0.6 is 0 Å². The van der Waals surface area contributed by atoms with E-state index in [2.05, 4.69) is 10.6 Å². The van der Waals surface area contributed by atoms with E-state index >= 15 is 0 Å². The van der Waals surface area contributed by atoms with E-state index in [0.29, 0.717) is 6.42 Å². The Hall–Kier alpha value is -2.57. The summed E-state index contributed by atoms with van der Waals surface area (Å²) in [6, 6.07) is 3.92. The van der Waals surface area contributed by atoms with Gasteiger partial charge in [0.05, 0.1) is 0 Å². The fourth-order valence-corrected chi connectivity index (χ4v) is 3.55. The van der Waals surface area contributed by atoms with Gasteiger partial charge in [0.2, 0.25) is 11.8 Å². The van der Waals surface area contributed by atoms with Crippen molar-refractivity contribution in [3.05, 3.63) is 34.9 Å². The molecule has 186 valence electrons. The zero-order valence-electron chi connectivity index (χ0n) is 22.3. The summed E-state index contributed by atoms with van der Waals surface area (Å²) in [5.74, 6) is -0.600. The van der Waals surface area contributed by atoms with E-state index in [4.69, 9.17) is 4.74 Å². The van der Waals surface area contributed by atoms with Crippen LogP contribution in [0.5, 0.6) is 0 Å². The van der Waals surface area contributed by atoms with E-state index < -0.39 is 29.3 Å². The summed E-state index contributed by atoms with van der Waals surface area (Å²) in [5.41, 5.74) is 1.61.